The van der Waals surface area contributed by atoms with Gasteiger partial charge in [-0.15, -0.1) is 0 Å². The first-order chi connectivity index (χ1) is 9.50. The summed E-state index contributed by atoms with van der Waals surface area (Å²) in [5.74, 6) is -1.07. The second kappa shape index (κ2) is 6.04. The van der Waals surface area contributed by atoms with E-state index in [0.717, 1.165) is 6.07 Å². The summed E-state index contributed by atoms with van der Waals surface area (Å²) in [7, 11) is -4.08. The van der Waals surface area contributed by atoms with Gasteiger partial charge in [0.15, 0.2) is 0 Å². The number of hydrogen-bond acceptors (Lipinski definition) is 5. The summed E-state index contributed by atoms with van der Waals surface area (Å²) < 4.78 is 39.8. The minimum atomic E-state index is -4.08. The summed E-state index contributed by atoms with van der Waals surface area (Å²) in [5, 5.41) is 20.5. The second-order valence-corrected chi connectivity index (χ2v) is 6.77. The Bertz CT molecular complexity index is 658. The van der Waals surface area contributed by atoms with Crippen molar-refractivity contribution < 1.29 is 22.8 Å². The molecule has 0 aliphatic carbocycles. The highest BCUT2D eigenvalue weighted by molar-refractivity contribution is 7.89. The minimum absolute atomic E-state index is 0.146. The van der Waals surface area contributed by atoms with Crippen LogP contribution in [0.5, 0.6) is 0 Å². The van der Waals surface area contributed by atoms with Gasteiger partial charge >= 0.3 is 5.69 Å². The van der Waals surface area contributed by atoms with E-state index in [1.807, 2.05) is 0 Å². The van der Waals surface area contributed by atoms with Crippen molar-refractivity contribution in [3.63, 3.8) is 0 Å². The van der Waals surface area contributed by atoms with Crippen molar-refractivity contribution in [1.29, 1.82) is 0 Å². The molecule has 118 valence electrons. The summed E-state index contributed by atoms with van der Waals surface area (Å²) in [6, 6.07) is 1.66. The summed E-state index contributed by atoms with van der Waals surface area (Å²) in [4.78, 5) is 9.33. The first kappa shape index (κ1) is 17.5. The zero-order valence-electron chi connectivity index (χ0n) is 11.9. The zero-order valence-corrected chi connectivity index (χ0v) is 12.7. The first-order valence-corrected chi connectivity index (χ1v) is 7.65. The number of nitrogens with zero attached hydrogens (tertiary/aromatic N) is 1. The van der Waals surface area contributed by atoms with Gasteiger partial charge in [0.05, 0.1) is 15.4 Å². The second-order valence-electron chi connectivity index (χ2n) is 5.01. The highest BCUT2D eigenvalue weighted by Crippen LogP contribution is 2.25. The number of aryl methyl sites for hydroxylation is 1. The Balaban J connectivity index is 3.18. The number of hydrogen-bond donors (Lipinski definition) is 2. The van der Waals surface area contributed by atoms with Gasteiger partial charge in [0.25, 0.3) is 0 Å². The molecule has 7 nitrogen and oxygen atoms in total. The Kier molecular flexibility index (Phi) is 5.03. The quantitative estimate of drug-likeness (QED) is 0.609. The summed E-state index contributed by atoms with van der Waals surface area (Å²) in [6.07, 6.45) is 0.318. The Morgan fingerprint density at radius 3 is 2.52 bits per heavy atom. The summed E-state index contributed by atoms with van der Waals surface area (Å²) in [6.45, 7) is 4.12. The van der Waals surface area contributed by atoms with Crippen molar-refractivity contribution in [3.8, 4) is 0 Å². The molecule has 0 saturated heterocycles. The van der Waals surface area contributed by atoms with E-state index in [2.05, 4.69) is 4.72 Å². The van der Waals surface area contributed by atoms with Crippen molar-refractivity contribution in [2.45, 2.75) is 37.7 Å². The highest BCUT2D eigenvalue weighted by atomic mass is 32.2. The standard InChI is InChI=1S/C12H17FN2O5S/c1-4-12(3,16)7-14-21(19,20)9-5-8(2)11(13)10(6-9)15(17)18/h5-6,14,16H,4,7H2,1-3H3. The average molecular weight is 320 g/mol. The van der Waals surface area contributed by atoms with E-state index in [1.165, 1.54) is 13.8 Å². The van der Waals surface area contributed by atoms with E-state index < -0.39 is 36.9 Å². The Morgan fingerprint density at radius 1 is 1.48 bits per heavy atom. The van der Waals surface area contributed by atoms with Crippen LogP contribution in [0.4, 0.5) is 10.1 Å². The third kappa shape index (κ3) is 4.19. The number of sulfonamides is 1. The van der Waals surface area contributed by atoms with Gasteiger partial charge in [-0.05, 0) is 31.9 Å². The maximum absolute atomic E-state index is 13.6. The summed E-state index contributed by atoms with van der Waals surface area (Å²) >= 11 is 0. The Labute approximate surface area is 122 Å². The lowest BCUT2D eigenvalue weighted by atomic mass is 10.1. The van der Waals surface area contributed by atoms with Crippen LogP contribution >= 0.6 is 0 Å². The number of nitro groups is 1. The largest absolute Gasteiger partial charge is 0.389 e. The van der Waals surface area contributed by atoms with Crippen LogP contribution in [0.1, 0.15) is 25.8 Å². The fourth-order valence-corrected chi connectivity index (χ4v) is 2.73. The molecule has 1 aromatic carbocycles. The van der Waals surface area contributed by atoms with Crippen LogP contribution in [0.25, 0.3) is 0 Å². The lowest BCUT2D eigenvalue weighted by molar-refractivity contribution is -0.387. The van der Waals surface area contributed by atoms with Crippen LogP contribution in [0, 0.1) is 22.9 Å². The first-order valence-electron chi connectivity index (χ1n) is 6.17. The van der Waals surface area contributed by atoms with Crippen molar-refractivity contribution in [1.82, 2.24) is 4.72 Å². The van der Waals surface area contributed by atoms with Crippen molar-refractivity contribution >= 4 is 15.7 Å². The van der Waals surface area contributed by atoms with E-state index in [1.54, 1.807) is 6.92 Å². The summed E-state index contributed by atoms with van der Waals surface area (Å²) in [5.41, 5.74) is -2.29. The van der Waals surface area contributed by atoms with Gasteiger partial charge in [0.2, 0.25) is 15.8 Å². The molecule has 0 fully saturated rings. The third-order valence-corrected chi connectivity index (χ3v) is 4.50. The van der Waals surface area contributed by atoms with Crippen molar-refractivity contribution in [2.24, 2.45) is 0 Å². The van der Waals surface area contributed by atoms with Crippen molar-refractivity contribution in [2.75, 3.05) is 6.54 Å². The molecule has 9 heteroatoms. The topological polar surface area (TPSA) is 110 Å². The van der Waals surface area contributed by atoms with Gasteiger partial charge in [-0.3, -0.25) is 10.1 Å². The number of nitro benzene ring substituents is 1. The molecule has 0 aliphatic heterocycles. The van der Waals surface area contributed by atoms with E-state index >= 15 is 0 Å². The molecule has 0 bridgehead atoms. The Morgan fingerprint density at radius 2 is 2.05 bits per heavy atom. The lowest BCUT2D eigenvalue weighted by Gasteiger charge is -2.21. The number of nitrogens with one attached hydrogen (secondary N) is 1. The van der Waals surface area contributed by atoms with Gasteiger partial charge in [-0.25, -0.2) is 13.1 Å². The monoisotopic (exact) mass is 320 g/mol. The van der Waals surface area contributed by atoms with Gasteiger partial charge in [0.1, 0.15) is 0 Å². The third-order valence-electron chi connectivity index (χ3n) is 3.12. The van der Waals surface area contributed by atoms with E-state index in [9.17, 15) is 28.0 Å². The van der Waals surface area contributed by atoms with Crippen LogP contribution in [0.15, 0.2) is 17.0 Å². The van der Waals surface area contributed by atoms with Gasteiger partial charge in [0, 0.05) is 12.6 Å². The molecule has 21 heavy (non-hydrogen) atoms. The van der Waals surface area contributed by atoms with Crippen molar-refractivity contribution in [3.05, 3.63) is 33.6 Å². The van der Waals surface area contributed by atoms with E-state index in [4.69, 9.17) is 0 Å². The van der Waals surface area contributed by atoms with Gasteiger partial charge in [-0.1, -0.05) is 6.92 Å². The highest BCUT2D eigenvalue weighted by Gasteiger charge is 2.26. The van der Waals surface area contributed by atoms with Crippen LogP contribution in [-0.4, -0.2) is 30.6 Å². The maximum Gasteiger partial charge on any atom is 0.306 e. The molecular formula is C12H17FN2O5S. The molecule has 1 unspecified atom stereocenters. The van der Waals surface area contributed by atoms with E-state index in [-0.39, 0.29) is 12.1 Å². The molecule has 0 aromatic heterocycles. The number of aliphatic hydroxyl groups is 1. The predicted octanol–water partition coefficient (Wildman–Crippen LogP) is 1.48. The average Bonchev–Trinajstić information content (AvgIpc) is 2.39. The molecule has 1 atom stereocenters. The van der Waals surface area contributed by atoms with Crippen LogP contribution < -0.4 is 4.72 Å². The van der Waals surface area contributed by atoms with Crippen LogP contribution in [0.3, 0.4) is 0 Å². The molecular weight excluding hydrogens is 303 g/mol. The SMILES string of the molecule is CCC(C)(O)CNS(=O)(=O)c1cc(C)c(F)c([N+](=O)[O-])c1. The normalized spacial score (nSPS) is 14.7. The molecule has 0 aliphatic rings. The molecule has 0 radical (unpaired) electrons. The minimum Gasteiger partial charge on any atom is -0.389 e. The predicted molar refractivity (Wildman–Crippen MR) is 73.9 cm³/mol. The smallest absolute Gasteiger partial charge is 0.306 e. The molecule has 0 heterocycles. The molecule has 0 saturated carbocycles. The van der Waals surface area contributed by atoms with Gasteiger partial charge in [-0.2, -0.15) is 4.39 Å². The number of benzene rings is 1. The molecule has 1 rings (SSSR count). The fraction of sp³-hybridized carbons (Fsp3) is 0.500. The van der Waals surface area contributed by atoms with Crippen LogP contribution in [-0.2, 0) is 10.0 Å². The Hall–Kier alpha value is -1.58. The van der Waals surface area contributed by atoms with Crippen LogP contribution in [0.2, 0.25) is 0 Å². The fourth-order valence-electron chi connectivity index (χ4n) is 1.47. The lowest BCUT2D eigenvalue weighted by Crippen LogP contribution is -2.40. The molecule has 0 spiro atoms. The number of halogens is 1. The molecule has 2 N–H and O–H groups in total. The number of rotatable bonds is 6. The zero-order chi connectivity index (χ0) is 16.4. The van der Waals surface area contributed by atoms with E-state index in [0.29, 0.717) is 12.5 Å². The molecule has 0 amide bonds. The maximum atomic E-state index is 13.6. The van der Waals surface area contributed by atoms with Gasteiger partial charge < -0.3 is 5.11 Å². The molecule has 1 aromatic rings.